The minimum Gasteiger partial charge on any atom is -0.298 e. The van der Waals surface area contributed by atoms with Crippen LogP contribution in [0.25, 0.3) is 0 Å². The van der Waals surface area contributed by atoms with Crippen molar-refractivity contribution in [1.29, 1.82) is 0 Å². The Bertz CT molecular complexity index is 155. The molecular formula is C10H23NSi. The monoisotopic (exact) mass is 185 g/mol. The van der Waals surface area contributed by atoms with E-state index in [2.05, 4.69) is 39.5 Å². The third-order valence-electron chi connectivity index (χ3n) is 2.78. The molecule has 0 heterocycles. The second kappa shape index (κ2) is 5.54. The Morgan fingerprint density at radius 1 is 1.25 bits per heavy atom. The van der Waals surface area contributed by atoms with Gasteiger partial charge in [0.2, 0.25) is 0 Å². The summed E-state index contributed by atoms with van der Waals surface area (Å²) in [7, 11) is 1.20. The normalized spacial score (nSPS) is 16.5. The molecule has 72 valence electrons. The average molecular weight is 185 g/mol. The SMILES string of the molecule is CCN(CC)C(C)C(C)=C(C)[SiH3]. The molecule has 0 aromatic heterocycles. The number of nitrogens with zero attached hydrogens (tertiary/aromatic N) is 1. The van der Waals surface area contributed by atoms with Crippen LogP contribution in [0.4, 0.5) is 0 Å². The molecule has 0 aromatic carbocycles. The van der Waals surface area contributed by atoms with Crippen molar-refractivity contribution in [2.24, 2.45) is 0 Å². The Kier molecular flexibility index (Phi) is 5.50. The lowest BCUT2D eigenvalue weighted by Gasteiger charge is -2.28. The number of hydrogen-bond donors (Lipinski definition) is 0. The van der Waals surface area contributed by atoms with Gasteiger partial charge in [-0.2, -0.15) is 0 Å². The van der Waals surface area contributed by atoms with Crippen molar-refractivity contribution in [1.82, 2.24) is 4.90 Å². The number of likely N-dealkylation sites (N-methyl/N-ethyl adjacent to an activating group) is 1. The highest BCUT2D eigenvalue weighted by molar-refractivity contribution is 6.21. The topological polar surface area (TPSA) is 3.24 Å². The Labute approximate surface area is 80.3 Å². The summed E-state index contributed by atoms with van der Waals surface area (Å²) in [5.41, 5.74) is 1.57. The van der Waals surface area contributed by atoms with E-state index in [0.29, 0.717) is 6.04 Å². The van der Waals surface area contributed by atoms with E-state index in [0.717, 1.165) is 13.1 Å². The maximum absolute atomic E-state index is 2.50. The fraction of sp³-hybridized carbons (Fsp3) is 0.800. The summed E-state index contributed by atoms with van der Waals surface area (Å²) in [5.74, 6) is 0. The summed E-state index contributed by atoms with van der Waals surface area (Å²) in [6, 6.07) is 0.637. The fourth-order valence-electron chi connectivity index (χ4n) is 1.46. The van der Waals surface area contributed by atoms with Crippen LogP contribution < -0.4 is 0 Å². The van der Waals surface area contributed by atoms with Crippen molar-refractivity contribution in [3.63, 3.8) is 0 Å². The highest BCUT2D eigenvalue weighted by Gasteiger charge is 2.11. The van der Waals surface area contributed by atoms with Gasteiger partial charge in [-0.1, -0.05) is 24.6 Å². The van der Waals surface area contributed by atoms with Gasteiger partial charge in [-0.15, -0.1) is 0 Å². The summed E-state index contributed by atoms with van der Waals surface area (Å²) in [5, 5.41) is 1.59. The average Bonchev–Trinajstić information content (AvgIpc) is 2.05. The van der Waals surface area contributed by atoms with E-state index in [1.54, 1.807) is 10.8 Å². The quantitative estimate of drug-likeness (QED) is 0.598. The standard InChI is InChI=1S/C10H23NSi/c1-6-11(7-2)9(4)8(3)10(5)12/h9H,6-7H2,1-5,12H3. The zero-order valence-corrected chi connectivity index (χ0v) is 11.4. The lowest BCUT2D eigenvalue weighted by molar-refractivity contribution is 0.258. The molecule has 0 spiro atoms. The molecule has 0 bridgehead atoms. The molecule has 0 radical (unpaired) electrons. The third kappa shape index (κ3) is 3.11. The Hall–Kier alpha value is -0.0831. The maximum atomic E-state index is 2.50. The first-order chi connectivity index (χ1) is 5.54. The lowest BCUT2D eigenvalue weighted by Crippen LogP contribution is -2.33. The van der Waals surface area contributed by atoms with Gasteiger partial charge >= 0.3 is 0 Å². The molecule has 0 N–H and O–H groups in total. The third-order valence-corrected chi connectivity index (χ3v) is 3.56. The van der Waals surface area contributed by atoms with Gasteiger partial charge < -0.3 is 0 Å². The predicted octanol–water partition coefficient (Wildman–Crippen LogP) is 1.38. The lowest BCUT2D eigenvalue weighted by atomic mass is 10.1. The molecule has 12 heavy (non-hydrogen) atoms. The van der Waals surface area contributed by atoms with Crippen LogP contribution in [-0.4, -0.2) is 34.3 Å². The Morgan fingerprint density at radius 3 is 1.92 bits per heavy atom. The van der Waals surface area contributed by atoms with Gasteiger partial charge in [0, 0.05) is 16.3 Å². The largest absolute Gasteiger partial charge is 0.298 e. The molecule has 0 saturated heterocycles. The predicted molar refractivity (Wildman–Crippen MR) is 60.7 cm³/mol. The summed E-state index contributed by atoms with van der Waals surface area (Å²) in [6.07, 6.45) is 0. The number of rotatable bonds is 4. The Morgan fingerprint density at radius 2 is 1.67 bits per heavy atom. The summed E-state index contributed by atoms with van der Waals surface area (Å²) in [4.78, 5) is 2.50. The van der Waals surface area contributed by atoms with Crippen LogP contribution in [0.3, 0.4) is 0 Å². The summed E-state index contributed by atoms with van der Waals surface area (Å²) >= 11 is 0. The van der Waals surface area contributed by atoms with Crippen LogP contribution in [0.1, 0.15) is 34.6 Å². The highest BCUT2D eigenvalue weighted by atomic mass is 28.1. The molecule has 0 aliphatic carbocycles. The van der Waals surface area contributed by atoms with Crippen molar-refractivity contribution in [3.05, 3.63) is 10.8 Å². The smallest absolute Gasteiger partial charge is 0.0329 e. The van der Waals surface area contributed by atoms with Crippen LogP contribution >= 0.6 is 0 Å². The second-order valence-corrected chi connectivity index (χ2v) is 5.08. The molecule has 0 saturated carbocycles. The van der Waals surface area contributed by atoms with Crippen LogP contribution in [0, 0.1) is 0 Å². The van der Waals surface area contributed by atoms with E-state index in [4.69, 9.17) is 0 Å². The molecule has 0 amide bonds. The van der Waals surface area contributed by atoms with Crippen molar-refractivity contribution in [2.45, 2.75) is 40.7 Å². The van der Waals surface area contributed by atoms with Crippen molar-refractivity contribution in [3.8, 4) is 0 Å². The van der Waals surface area contributed by atoms with E-state index >= 15 is 0 Å². The molecule has 0 aliphatic rings. The van der Waals surface area contributed by atoms with Crippen LogP contribution in [0.2, 0.25) is 0 Å². The van der Waals surface area contributed by atoms with E-state index in [9.17, 15) is 0 Å². The van der Waals surface area contributed by atoms with E-state index < -0.39 is 0 Å². The molecule has 1 atom stereocenters. The van der Waals surface area contributed by atoms with Gasteiger partial charge in [-0.25, -0.2) is 0 Å². The molecule has 0 aliphatic heterocycles. The van der Waals surface area contributed by atoms with Gasteiger partial charge in [0.25, 0.3) is 0 Å². The maximum Gasteiger partial charge on any atom is 0.0329 e. The Balaban J connectivity index is 4.36. The molecule has 0 fully saturated rings. The van der Waals surface area contributed by atoms with E-state index in [-0.39, 0.29) is 0 Å². The molecule has 1 unspecified atom stereocenters. The first-order valence-corrected chi connectivity index (χ1v) is 5.92. The molecular weight excluding hydrogens is 162 g/mol. The molecule has 0 rings (SSSR count). The van der Waals surface area contributed by atoms with Gasteiger partial charge in [0.15, 0.2) is 0 Å². The van der Waals surface area contributed by atoms with Gasteiger partial charge in [0.1, 0.15) is 0 Å². The van der Waals surface area contributed by atoms with Crippen molar-refractivity contribution >= 4 is 10.2 Å². The van der Waals surface area contributed by atoms with Crippen LogP contribution in [0.5, 0.6) is 0 Å². The fourth-order valence-corrected chi connectivity index (χ4v) is 1.88. The zero-order valence-electron chi connectivity index (χ0n) is 9.44. The first kappa shape index (κ1) is 11.9. The summed E-state index contributed by atoms with van der Waals surface area (Å²) < 4.78 is 0. The second-order valence-electron chi connectivity index (χ2n) is 3.58. The minimum absolute atomic E-state index is 0.637. The van der Waals surface area contributed by atoms with E-state index in [1.807, 2.05) is 0 Å². The molecule has 2 heteroatoms. The van der Waals surface area contributed by atoms with Gasteiger partial charge in [-0.05, 0) is 33.9 Å². The van der Waals surface area contributed by atoms with Crippen molar-refractivity contribution in [2.75, 3.05) is 13.1 Å². The number of allylic oxidation sites excluding steroid dienone is 1. The summed E-state index contributed by atoms with van der Waals surface area (Å²) in [6.45, 7) is 13.6. The number of hydrogen-bond acceptors (Lipinski definition) is 1. The minimum atomic E-state index is 0.637. The van der Waals surface area contributed by atoms with E-state index in [1.165, 1.54) is 10.2 Å². The molecule has 0 aromatic rings. The molecule has 1 nitrogen and oxygen atoms in total. The van der Waals surface area contributed by atoms with Crippen molar-refractivity contribution < 1.29 is 0 Å². The van der Waals surface area contributed by atoms with Crippen LogP contribution in [0.15, 0.2) is 10.8 Å². The highest BCUT2D eigenvalue weighted by Crippen LogP contribution is 2.11. The van der Waals surface area contributed by atoms with Gasteiger partial charge in [-0.3, -0.25) is 4.90 Å². The zero-order chi connectivity index (χ0) is 9.72. The first-order valence-electron chi connectivity index (χ1n) is 4.92. The van der Waals surface area contributed by atoms with Gasteiger partial charge in [0.05, 0.1) is 0 Å². The van der Waals surface area contributed by atoms with Crippen LogP contribution in [-0.2, 0) is 0 Å².